The Kier molecular flexibility index (Phi) is 22.1. The molecule has 2 rings (SSSR count). The monoisotopic (exact) mass is 724 g/mol. The van der Waals surface area contributed by atoms with Crippen molar-refractivity contribution < 1.29 is 19.4 Å². The Bertz CT molecular complexity index is 1260. The van der Waals surface area contributed by atoms with E-state index in [1.54, 1.807) is 24.3 Å². The van der Waals surface area contributed by atoms with Crippen LogP contribution in [-0.2, 0) is 22.7 Å². The second-order valence-electron chi connectivity index (χ2n) is 13.9. The van der Waals surface area contributed by atoms with Crippen molar-refractivity contribution in [3.63, 3.8) is 0 Å². The van der Waals surface area contributed by atoms with Crippen molar-refractivity contribution in [2.24, 2.45) is 0 Å². The van der Waals surface area contributed by atoms with Crippen LogP contribution in [0.4, 0.5) is 11.4 Å². The maximum Gasteiger partial charge on any atom is 0.273 e. The molecule has 0 spiro atoms. The number of nitrogens with zero attached hydrogens (tertiary/aromatic N) is 6. The third kappa shape index (κ3) is 17.5. The predicted octanol–water partition coefficient (Wildman–Crippen LogP) is 8.23. The third-order valence-electron chi connectivity index (χ3n) is 9.88. The van der Waals surface area contributed by atoms with Gasteiger partial charge >= 0.3 is 0 Å². The minimum atomic E-state index is -0.320. The Balaban J connectivity index is 1.45. The Morgan fingerprint density at radius 1 is 0.519 bits per heavy atom. The van der Waals surface area contributed by atoms with Crippen molar-refractivity contribution in [2.45, 2.75) is 117 Å². The fraction of sp³-hybridized carbons (Fsp3) is 0.650. The normalized spacial score (nSPS) is 11.3. The van der Waals surface area contributed by atoms with Crippen LogP contribution < -0.4 is 0 Å². The summed E-state index contributed by atoms with van der Waals surface area (Å²) >= 11 is 0. The number of rotatable bonds is 29. The highest BCUT2D eigenvalue weighted by Gasteiger charge is 2.17. The van der Waals surface area contributed by atoms with Crippen LogP contribution in [0, 0.1) is 20.2 Å². The average Bonchev–Trinajstić information content (AvgIpc) is 3.14. The van der Waals surface area contributed by atoms with Gasteiger partial charge in [-0.2, -0.15) is 0 Å². The fourth-order valence-electron chi connectivity index (χ4n) is 6.44. The van der Waals surface area contributed by atoms with Crippen molar-refractivity contribution >= 4 is 23.2 Å². The number of nitro groups is 2. The standard InChI is InChI=1S/C40H64N6O6/c1-5-43(33-35-23-15-17-25-37(35)45(49)50)31-21-11-13-27-39(47)41(3)29-19-9-7-8-10-20-30-42(4)40(48)28-14-12-22-32-44(6-2)34-36-24-16-18-26-38(36)46(51)52/h15-18,23-26H,5-14,19-22,27-34H2,1-4H3. The quantitative estimate of drug-likeness (QED) is 0.0466. The summed E-state index contributed by atoms with van der Waals surface area (Å²) in [6, 6.07) is 13.8. The maximum atomic E-state index is 12.6. The molecule has 52 heavy (non-hydrogen) atoms. The summed E-state index contributed by atoms with van der Waals surface area (Å²) in [5.74, 6) is 0.387. The van der Waals surface area contributed by atoms with E-state index in [1.165, 1.54) is 0 Å². The fourth-order valence-corrected chi connectivity index (χ4v) is 6.44. The molecule has 2 aromatic carbocycles. The summed E-state index contributed by atoms with van der Waals surface area (Å²) in [4.78, 5) is 55.3. The zero-order valence-electron chi connectivity index (χ0n) is 32.3. The topological polar surface area (TPSA) is 133 Å². The molecule has 12 nitrogen and oxygen atoms in total. The lowest BCUT2D eigenvalue weighted by Crippen LogP contribution is -2.27. The second kappa shape index (κ2) is 26.0. The summed E-state index contributed by atoms with van der Waals surface area (Å²) in [6.07, 6.45) is 13.1. The van der Waals surface area contributed by atoms with E-state index in [2.05, 4.69) is 23.6 Å². The number of unbranched alkanes of at least 4 members (excludes halogenated alkanes) is 9. The predicted molar refractivity (Wildman–Crippen MR) is 208 cm³/mol. The first-order valence-corrected chi connectivity index (χ1v) is 19.4. The maximum absolute atomic E-state index is 12.6. The summed E-state index contributed by atoms with van der Waals surface area (Å²) in [5.41, 5.74) is 1.81. The molecule has 0 aliphatic heterocycles. The molecule has 0 atom stereocenters. The molecule has 0 saturated heterocycles. The highest BCUT2D eigenvalue weighted by Crippen LogP contribution is 2.21. The van der Waals surface area contributed by atoms with Gasteiger partial charge in [-0.25, -0.2) is 0 Å². The van der Waals surface area contributed by atoms with Crippen molar-refractivity contribution in [3.05, 3.63) is 79.9 Å². The van der Waals surface area contributed by atoms with Gasteiger partial charge in [-0.3, -0.25) is 39.6 Å². The van der Waals surface area contributed by atoms with E-state index in [-0.39, 0.29) is 33.0 Å². The van der Waals surface area contributed by atoms with Crippen LogP contribution in [0.3, 0.4) is 0 Å². The zero-order chi connectivity index (χ0) is 38.1. The number of benzene rings is 2. The number of carbonyl (C=O) groups is 2. The van der Waals surface area contributed by atoms with Gasteiger partial charge in [-0.15, -0.1) is 0 Å². The van der Waals surface area contributed by atoms with E-state index in [1.807, 2.05) is 48.2 Å². The van der Waals surface area contributed by atoms with Crippen molar-refractivity contribution in [3.8, 4) is 0 Å². The summed E-state index contributed by atoms with van der Waals surface area (Å²) in [7, 11) is 3.78. The van der Waals surface area contributed by atoms with Gasteiger partial charge < -0.3 is 9.80 Å². The minimum absolute atomic E-state index is 0.167. The highest BCUT2D eigenvalue weighted by molar-refractivity contribution is 5.76. The molecule has 0 unspecified atom stereocenters. The first-order valence-electron chi connectivity index (χ1n) is 19.4. The first-order chi connectivity index (χ1) is 25.1. The van der Waals surface area contributed by atoms with E-state index >= 15 is 0 Å². The number of para-hydroxylation sites is 2. The molecule has 0 saturated carbocycles. The van der Waals surface area contributed by atoms with Crippen LogP contribution in [0.1, 0.15) is 115 Å². The Hall–Kier alpha value is -3.90. The van der Waals surface area contributed by atoms with Gasteiger partial charge in [0.15, 0.2) is 0 Å². The smallest absolute Gasteiger partial charge is 0.273 e. The lowest BCUT2D eigenvalue weighted by Gasteiger charge is -2.20. The summed E-state index contributed by atoms with van der Waals surface area (Å²) in [5, 5.41) is 22.6. The van der Waals surface area contributed by atoms with Crippen LogP contribution in [0.25, 0.3) is 0 Å². The van der Waals surface area contributed by atoms with Crippen LogP contribution in [0.15, 0.2) is 48.5 Å². The van der Waals surface area contributed by atoms with E-state index in [0.717, 1.165) is 127 Å². The molecule has 12 heteroatoms. The average molecular weight is 725 g/mol. The van der Waals surface area contributed by atoms with E-state index in [0.29, 0.717) is 25.9 Å². The summed E-state index contributed by atoms with van der Waals surface area (Å²) in [6.45, 7) is 10.2. The molecule has 0 N–H and O–H groups in total. The van der Waals surface area contributed by atoms with E-state index < -0.39 is 0 Å². The Labute approximate surface area is 311 Å². The minimum Gasteiger partial charge on any atom is -0.346 e. The summed E-state index contributed by atoms with van der Waals surface area (Å²) < 4.78 is 0. The van der Waals surface area contributed by atoms with Gasteiger partial charge in [0.25, 0.3) is 11.4 Å². The van der Waals surface area contributed by atoms with Crippen LogP contribution >= 0.6 is 0 Å². The van der Waals surface area contributed by atoms with Crippen molar-refractivity contribution in [1.82, 2.24) is 19.6 Å². The second-order valence-corrected chi connectivity index (χ2v) is 13.9. The molecule has 0 bridgehead atoms. The van der Waals surface area contributed by atoms with Gasteiger partial charge in [0.1, 0.15) is 0 Å². The molecule has 0 radical (unpaired) electrons. The van der Waals surface area contributed by atoms with Crippen LogP contribution in [0.5, 0.6) is 0 Å². The van der Waals surface area contributed by atoms with Crippen molar-refractivity contribution in [2.75, 3.05) is 53.4 Å². The molecule has 290 valence electrons. The Morgan fingerprint density at radius 3 is 1.21 bits per heavy atom. The zero-order valence-corrected chi connectivity index (χ0v) is 32.3. The van der Waals surface area contributed by atoms with Crippen LogP contribution in [-0.4, -0.2) is 94.6 Å². The molecular formula is C40H64N6O6. The van der Waals surface area contributed by atoms with Gasteiger partial charge in [-0.05, 0) is 64.7 Å². The molecule has 0 aliphatic rings. The third-order valence-corrected chi connectivity index (χ3v) is 9.88. The SMILES string of the molecule is CCN(CCCCCC(=O)N(C)CCCCCCCCN(C)C(=O)CCCCCN(CC)Cc1ccccc1[N+](=O)[O-])Cc1ccccc1[N+](=O)[O-]. The molecule has 0 heterocycles. The van der Waals surface area contributed by atoms with Gasteiger partial charge in [0.2, 0.25) is 11.8 Å². The lowest BCUT2D eigenvalue weighted by atomic mass is 10.1. The number of amides is 2. The number of carbonyl (C=O) groups excluding carboxylic acids is 2. The van der Waals surface area contributed by atoms with E-state index in [9.17, 15) is 29.8 Å². The van der Waals surface area contributed by atoms with E-state index in [4.69, 9.17) is 0 Å². The highest BCUT2D eigenvalue weighted by atomic mass is 16.6. The Morgan fingerprint density at radius 2 is 0.846 bits per heavy atom. The number of nitro benzene ring substituents is 2. The van der Waals surface area contributed by atoms with Crippen molar-refractivity contribution in [1.29, 1.82) is 0 Å². The molecule has 2 amide bonds. The van der Waals surface area contributed by atoms with Gasteiger partial charge in [0, 0.05) is 76.4 Å². The molecule has 0 aliphatic carbocycles. The molecular weight excluding hydrogens is 660 g/mol. The molecule has 0 fully saturated rings. The van der Waals surface area contributed by atoms with Gasteiger partial charge in [-0.1, -0.05) is 88.8 Å². The first kappa shape index (κ1) is 44.3. The molecule has 2 aromatic rings. The largest absolute Gasteiger partial charge is 0.346 e. The van der Waals surface area contributed by atoms with Gasteiger partial charge in [0.05, 0.1) is 9.85 Å². The lowest BCUT2D eigenvalue weighted by molar-refractivity contribution is -0.385. The number of hydrogen-bond acceptors (Lipinski definition) is 8. The number of hydrogen-bond donors (Lipinski definition) is 0. The van der Waals surface area contributed by atoms with Crippen LogP contribution in [0.2, 0.25) is 0 Å². The molecule has 0 aromatic heterocycles.